The molecule has 0 bridgehead atoms. The molecule has 2 N–H and O–H groups in total. The van der Waals surface area contributed by atoms with E-state index in [4.69, 9.17) is 16.3 Å². The molecule has 0 heterocycles. The Balaban J connectivity index is 2.11. The number of rotatable bonds is 2. The van der Waals surface area contributed by atoms with Crippen LogP contribution in [0.15, 0.2) is 18.2 Å². The summed E-state index contributed by atoms with van der Waals surface area (Å²) >= 11 is 6.11. The SMILES string of the molecule is CC(C)NC(=O)OC1CCc2cccc(Cl)c2C1O. The third-order valence-electron chi connectivity index (χ3n) is 3.15. The molecule has 19 heavy (non-hydrogen) atoms. The molecule has 104 valence electrons. The highest BCUT2D eigenvalue weighted by atomic mass is 35.5. The van der Waals surface area contributed by atoms with Crippen molar-refractivity contribution in [1.29, 1.82) is 0 Å². The highest BCUT2D eigenvalue weighted by Gasteiger charge is 2.32. The predicted molar refractivity (Wildman–Crippen MR) is 73.3 cm³/mol. The van der Waals surface area contributed by atoms with Crippen molar-refractivity contribution in [2.45, 2.75) is 44.9 Å². The number of hydrogen-bond donors (Lipinski definition) is 2. The van der Waals surface area contributed by atoms with E-state index in [-0.39, 0.29) is 6.04 Å². The van der Waals surface area contributed by atoms with E-state index in [1.165, 1.54) is 0 Å². The lowest BCUT2D eigenvalue weighted by Crippen LogP contribution is -2.37. The maximum absolute atomic E-state index is 11.6. The molecule has 0 fully saturated rings. The molecule has 0 aliphatic heterocycles. The van der Waals surface area contributed by atoms with E-state index in [0.717, 1.165) is 12.0 Å². The summed E-state index contributed by atoms with van der Waals surface area (Å²) in [7, 11) is 0. The van der Waals surface area contributed by atoms with Gasteiger partial charge in [0.05, 0.1) is 0 Å². The van der Waals surface area contributed by atoms with Crippen molar-refractivity contribution in [3.8, 4) is 0 Å². The number of carbonyl (C=O) groups excluding carboxylic acids is 1. The molecule has 5 heteroatoms. The highest BCUT2D eigenvalue weighted by Crippen LogP contribution is 2.36. The summed E-state index contributed by atoms with van der Waals surface area (Å²) in [5, 5.41) is 13.5. The third-order valence-corrected chi connectivity index (χ3v) is 3.48. The minimum absolute atomic E-state index is 0.00380. The molecule has 1 amide bonds. The van der Waals surface area contributed by atoms with Crippen molar-refractivity contribution in [1.82, 2.24) is 5.32 Å². The number of alkyl carbamates (subject to hydrolysis) is 1. The minimum atomic E-state index is -0.865. The lowest BCUT2D eigenvalue weighted by molar-refractivity contribution is -0.00923. The Morgan fingerprint density at radius 1 is 1.53 bits per heavy atom. The van der Waals surface area contributed by atoms with Crippen LogP contribution in [0.25, 0.3) is 0 Å². The van der Waals surface area contributed by atoms with Crippen LogP contribution in [0.5, 0.6) is 0 Å². The molecule has 2 unspecified atom stereocenters. The van der Waals surface area contributed by atoms with Crippen LogP contribution in [0.2, 0.25) is 5.02 Å². The molecule has 1 aliphatic carbocycles. The van der Waals surface area contributed by atoms with E-state index in [9.17, 15) is 9.90 Å². The number of amides is 1. The van der Waals surface area contributed by atoms with Crippen molar-refractivity contribution in [2.75, 3.05) is 0 Å². The molecule has 0 spiro atoms. The Morgan fingerprint density at radius 2 is 2.26 bits per heavy atom. The summed E-state index contributed by atoms with van der Waals surface area (Å²) in [6.45, 7) is 3.70. The largest absolute Gasteiger partial charge is 0.443 e. The van der Waals surface area contributed by atoms with Gasteiger partial charge in [-0.05, 0) is 38.3 Å². The Labute approximate surface area is 117 Å². The molecule has 2 rings (SSSR count). The van der Waals surface area contributed by atoms with Gasteiger partial charge < -0.3 is 15.2 Å². The van der Waals surface area contributed by atoms with Crippen molar-refractivity contribution in [3.05, 3.63) is 34.3 Å². The summed E-state index contributed by atoms with van der Waals surface area (Å²) in [5.41, 5.74) is 1.70. The van der Waals surface area contributed by atoms with Gasteiger partial charge in [0.15, 0.2) is 0 Å². The lowest BCUT2D eigenvalue weighted by Gasteiger charge is -2.30. The van der Waals surface area contributed by atoms with E-state index in [1.807, 2.05) is 26.0 Å². The van der Waals surface area contributed by atoms with E-state index < -0.39 is 18.3 Å². The number of ether oxygens (including phenoxy) is 1. The topological polar surface area (TPSA) is 58.6 Å². The van der Waals surface area contributed by atoms with Crippen LogP contribution in [0.3, 0.4) is 0 Å². The van der Waals surface area contributed by atoms with Gasteiger partial charge in [0, 0.05) is 16.6 Å². The molecular formula is C14H18ClNO3. The summed E-state index contributed by atoms with van der Waals surface area (Å²) in [6.07, 6.45) is -0.580. The first-order valence-corrected chi connectivity index (χ1v) is 6.79. The van der Waals surface area contributed by atoms with Crippen molar-refractivity contribution < 1.29 is 14.6 Å². The van der Waals surface area contributed by atoms with Crippen LogP contribution in [-0.2, 0) is 11.2 Å². The second-order valence-electron chi connectivity index (χ2n) is 5.04. The first-order valence-electron chi connectivity index (χ1n) is 6.41. The van der Waals surface area contributed by atoms with Crippen LogP contribution in [0.4, 0.5) is 4.79 Å². The van der Waals surface area contributed by atoms with Gasteiger partial charge in [-0.25, -0.2) is 4.79 Å². The zero-order valence-corrected chi connectivity index (χ0v) is 11.8. The average Bonchev–Trinajstić information content (AvgIpc) is 2.32. The summed E-state index contributed by atoms with van der Waals surface area (Å²) in [6, 6.07) is 5.54. The smallest absolute Gasteiger partial charge is 0.407 e. The van der Waals surface area contributed by atoms with Gasteiger partial charge in [-0.3, -0.25) is 0 Å². The fourth-order valence-electron chi connectivity index (χ4n) is 2.30. The molecule has 0 aromatic heterocycles. The minimum Gasteiger partial charge on any atom is -0.443 e. The number of halogens is 1. The maximum atomic E-state index is 11.6. The Kier molecular flexibility index (Phi) is 4.32. The van der Waals surface area contributed by atoms with E-state index >= 15 is 0 Å². The number of aryl methyl sites for hydroxylation is 1. The predicted octanol–water partition coefficient (Wildman–Crippen LogP) is 2.82. The number of aliphatic hydroxyl groups is 1. The van der Waals surface area contributed by atoms with E-state index in [2.05, 4.69) is 5.32 Å². The molecule has 1 aromatic rings. The maximum Gasteiger partial charge on any atom is 0.407 e. The van der Waals surface area contributed by atoms with Crippen LogP contribution in [0, 0.1) is 0 Å². The van der Waals surface area contributed by atoms with Crippen LogP contribution < -0.4 is 5.32 Å². The van der Waals surface area contributed by atoms with Gasteiger partial charge in [0.25, 0.3) is 0 Å². The molecule has 1 aliphatic rings. The summed E-state index contributed by atoms with van der Waals surface area (Å²) in [4.78, 5) is 11.6. The second-order valence-corrected chi connectivity index (χ2v) is 5.45. The van der Waals surface area contributed by atoms with Crippen LogP contribution in [0.1, 0.15) is 37.5 Å². The third kappa shape index (κ3) is 3.19. The number of nitrogens with one attached hydrogen (secondary N) is 1. The standard InChI is InChI=1S/C14H18ClNO3/c1-8(2)16-14(18)19-11-7-6-9-4-3-5-10(15)12(9)13(11)17/h3-5,8,11,13,17H,6-7H2,1-2H3,(H,16,18). The zero-order chi connectivity index (χ0) is 14.0. The molecule has 1 aromatic carbocycles. The molecule has 2 atom stereocenters. The van der Waals surface area contributed by atoms with E-state index in [0.29, 0.717) is 17.0 Å². The number of benzene rings is 1. The number of aliphatic hydroxyl groups excluding tert-OH is 1. The Bertz CT molecular complexity index is 476. The summed E-state index contributed by atoms with van der Waals surface area (Å²) in [5.74, 6) is 0. The van der Waals surface area contributed by atoms with Gasteiger partial charge >= 0.3 is 6.09 Å². The molecule has 0 saturated carbocycles. The van der Waals surface area contributed by atoms with E-state index in [1.54, 1.807) is 6.07 Å². The fourth-order valence-corrected chi connectivity index (χ4v) is 2.61. The number of fused-ring (bicyclic) bond motifs is 1. The van der Waals surface area contributed by atoms with Gasteiger partial charge in [-0.2, -0.15) is 0 Å². The molecular weight excluding hydrogens is 266 g/mol. The van der Waals surface area contributed by atoms with Crippen molar-refractivity contribution in [3.63, 3.8) is 0 Å². The summed E-state index contributed by atoms with van der Waals surface area (Å²) < 4.78 is 5.27. The molecule has 4 nitrogen and oxygen atoms in total. The zero-order valence-electron chi connectivity index (χ0n) is 11.0. The monoisotopic (exact) mass is 283 g/mol. The molecule has 0 saturated heterocycles. The number of hydrogen-bond acceptors (Lipinski definition) is 3. The highest BCUT2D eigenvalue weighted by molar-refractivity contribution is 6.31. The molecule has 0 radical (unpaired) electrons. The fraction of sp³-hybridized carbons (Fsp3) is 0.500. The quantitative estimate of drug-likeness (QED) is 0.877. The normalized spacial score (nSPS) is 21.9. The van der Waals surface area contributed by atoms with Crippen molar-refractivity contribution in [2.24, 2.45) is 0 Å². The average molecular weight is 284 g/mol. The van der Waals surface area contributed by atoms with Gasteiger partial charge in [0.1, 0.15) is 12.2 Å². The van der Waals surface area contributed by atoms with Gasteiger partial charge in [0.2, 0.25) is 0 Å². The lowest BCUT2D eigenvalue weighted by atomic mass is 9.87. The van der Waals surface area contributed by atoms with Crippen LogP contribution >= 0.6 is 11.6 Å². The van der Waals surface area contributed by atoms with Crippen LogP contribution in [-0.4, -0.2) is 23.3 Å². The first kappa shape index (κ1) is 14.2. The number of carbonyl (C=O) groups is 1. The first-order chi connectivity index (χ1) is 8.99. The second kappa shape index (κ2) is 5.80. The van der Waals surface area contributed by atoms with Crippen molar-refractivity contribution >= 4 is 17.7 Å². The van der Waals surface area contributed by atoms with Gasteiger partial charge in [-0.1, -0.05) is 23.7 Å². The van der Waals surface area contributed by atoms with Gasteiger partial charge in [-0.15, -0.1) is 0 Å². The Morgan fingerprint density at radius 3 is 2.95 bits per heavy atom. The Hall–Kier alpha value is -1.26.